The number of anilines is 3. The zero-order valence-corrected chi connectivity index (χ0v) is 26.4. The summed E-state index contributed by atoms with van der Waals surface area (Å²) >= 11 is 0. The number of piperidine rings is 1. The number of hydrogen-bond donors (Lipinski definition) is 2. The fraction of sp³-hybridized carbons (Fsp3) is 0.543. The Labute approximate surface area is 269 Å². The van der Waals surface area contributed by atoms with Crippen molar-refractivity contribution in [2.45, 2.75) is 75.6 Å². The molecule has 0 radical (unpaired) electrons. The van der Waals surface area contributed by atoms with Gasteiger partial charge >= 0.3 is 5.97 Å². The van der Waals surface area contributed by atoms with Crippen molar-refractivity contribution >= 4 is 23.2 Å². The van der Waals surface area contributed by atoms with Gasteiger partial charge in [0.25, 0.3) is 0 Å². The number of ether oxygens (including phenoxy) is 2. The van der Waals surface area contributed by atoms with Gasteiger partial charge < -0.3 is 35.0 Å². The maximum Gasteiger partial charge on any atom is 0.308 e. The lowest BCUT2D eigenvalue weighted by atomic mass is 9.49. The van der Waals surface area contributed by atoms with Crippen LogP contribution in [0, 0.1) is 11.3 Å². The van der Waals surface area contributed by atoms with E-state index in [4.69, 9.17) is 20.2 Å². The van der Waals surface area contributed by atoms with Gasteiger partial charge in [0.1, 0.15) is 11.9 Å². The highest BCUT2D eigenvalue weighted by atomic mass is 16.5. The Hall–Kier alpha value is -4.12. The van der Waals surface area contributed by atoms with E-state index in [0.29, 0.717) is 46.5 Å². The average molecular weight is 626 g/mol. The minimum Gasteiger partial charge on any atom is -0.507 e. The van der Waals surface area contributed by atoms with E-state index in [0.717, 1.165) is 76.1 Å². The van der Waals surface area contributed by atoms with E-state index >= 15 is 0 Å². The van der Waals surface area contributed by atoms with Crippen LogP contribution in [0.25, 0.3) is 11.3 Å². The number of para-hydroxylation sites is 1. The van der Waals surface area contributed by atoms with Crippen LogP contribution in [0.1, 0.15) is 51.4 Å². The number of carbonyl (C=O) groups excluding carboxylic acids is 1. The van der Waals surface area contributed by atoms with Gasteiger partial charge in [-0.25, -0.2) is 4.98 Å². The molecule has 2 atom stereocenters. The van der Waals surface area contributed by atoms with Crippen molar-refractivity contribution in [2.24, 2.45) is 11.3 Å². The fourth-order valence-electron chi connectivity index (χ4n) is 8.96. The second-order valence-electron chi connectivity index (χ2n) is 14.1. The number of benzene rings is 1. The molecule has 2 saturated carbocycles. The number of carbonyl (C=O) groups is 1. The van der Waals surface area contributed by atoms with E-state index in [1.54, 1.807) is 12.1 Å². The number of phenolic OH excluding ortho intramolecular Hbond substituents is 1. The van der Waals surface area contributed by atoms with E-state index in [9.17, 15) is 9.90 Å². The van der Waals surface area contributed by atoms with Gasteiger partial charge in [0, 0.05) is 55.9 Å². The highest BCUT2D eigenvalue weighted by Gasteiger charge is 2.56. The number of esters is 1. The molecule has 3 saturated heterocycles. The molecule has 1 aromatic carbocycles. The number of phenols is 1. The van der Waals surface area contributed by atoms with Crippen molar-refractivity contribution in [1.29, 1.82) is 0 Å². The Bertz CT molecular complexity index is 1570. The Morgan fingerprint density at radius 3 is 2.37 bits per heavy atom. The number of nitrogens with two attached hydrogens (primary N) is 1. The molecule has 11 heteroatoms. The quantitative estimate of drug-likeness (QED) is 0.365. The predicted octanol–water partition coefficient (Wildman–Crippen LogP) is 4.26. The maximum atomic E-state index is 11.8. The summed E-state index contributed by atoms with van der Waals surface area (Å²) < 4.78 is 11.3. The van der Waals surface area contributed by atoms with Gasteiger partial charge in [-0.3, -0.25) is 4.79 Å². The third-order valence-electron chi connectivity index (χ3n) is 11.3. The van der Waals surface area contributed by atoms with Crippen molar-refractivity contribution < 1.29 is 19.4 Å². The van der Waals surface area contributed by atoms with Crippen LogP contribution in [0.15, 0.2) is 48.7 Å². The molecule has 46 heavy (non-hydrogen) atoms. The van der Waals surface area contributed by atoms with Crippen molar-refractivity contribution in [2.75, 3.05) is 48.8 Å². The molecule has 5 aliphatic rings. The number of fused-ring (bicyclic) bond motifs is 2. The lowest BCUT2D eigenvalue weighted by molar-refractivity contribution is -0.163. The summed E-state index contributed by atoms with van der Waals surface area (Å²) in [6.07, 6.45) is 10.9. The number of hydrogen-bond acceptors (Lipinski definition) is 11. The van der Waals surface area contributed by atoms with Crippen LogP contribution in [0.5, 0.6) is 11.6 Å². The van der Waals surface area contributed by atoms with Crippen LogP contribution in [0.3, 0.4) is 0 Å². The third kappa shape index (κ3) is 5.28. The summed E-state index contributed by atoms with van der Waals surface area (Å²) in [5.74, 6) is 1.37. The first-order chi connectivity index (χ1) is 22.4. The standard InChI is InChI=1S/C35H43N7O4/c1-45-34(44)22-15-35(16-22)17-26(18-35)40-12-10-27(11-13-40)46-32-9-8-23(19-37-32)42-24-6-7-25(42)21-41(20-24)30-14-29(38-39-33(30)36)28-4-2-3-5-31(28)43/h2-5,8-9,14,19,22,24-27,43H,6-7,10-13,15-18,20-21H2,1H3,(H2,36,39). The molecule has 2 aliphatic carbocycles. The topological polar surface area (TPSA) is 130 Å². The van der Waals surface area contributed by atoms with Gasteiger partial charge in [-0.05, 0) is 81.0 Å². The number of nitrogen functional groups attached to an aromatic ring is 1. The molecule has 3 aliphatic heterocycles. The molecule has 0 amide bonds. The van der Waals surface area contributed by atoms with E-state index in [1.807, 2.05) is 30.5 Å². The van der Waals surface area contributed by atoms with Gasteiger partial charge in [0.05, 0.1) is 36.3 Å². The number of nitrogens with zero attached hydrogens (tertiary/aromatic N) is 6. The Morgan fingerprint density at radius 2 is 1.70 bits per heavy atom. The van der Waals surface area contributed by atoms with Gasteiger partial charge in [0.15, 0.2) is 5.82 Å². The molecule has 2 unspecified atom stereocenters. The first kappa shape index (κ1) is 29.3. The van der Waals surface area contributed by atoms with Crippen LogP contribution in [-0.4, -0.2) is 88.7 Å². The molecular formula is C35H43N7O4. The highest BCUT2D eigenvalue weighted by Crippen LogP contribution is 2.60. The summed E-state index contributed by atoms with van der Waals surface area (Å²) in [4.78, 5) is 24.0. The smallest absolute Gasteiger partial charge is 0.308 e. The zero-order valence-electron chi connectivity index (χ0n) is 26.4. The largest absolute Gasteiger partial charge is 0.507 e. The summed E-state index contributed by atoms with van der Waals surface area (Å²) in [6, 6.07) is 14.6. The van der Waals surface area contributed by atoms with Gasteiger partial charge in [0.2, 0.25) is 5.88 Å². The molecule has 3 aromatic rings. The van der Waals surface area contributed by atoms with E-state index in [2.05, 4.69) is 31.0 Å². The molecule has 242 valence electrons. The van der Waals surface area contributed by atoms with Crippen molar-refractivity contribution in [3.8, 4) is 22.9 Å². The minimum atomic E-state index is -0.0334. The predicted molar refractivity (Wildman–Crippen MR) is 175 cm³/mol. The summed E-state index contributed by atoms with van der Waals surface area (Å²) in [5.41, 5.74) is 9.98. The van der Waals surface area contributed by atoms with Crippen LogP contribution in [-0.2, 0) is 9.53 Å². The first-order valence-electron chi connectivity index (χ1n) is 16.8. The number of pyridine rings is 1. The molecular weight excluding hydrogens is 582 g/mol. The Morgan fingerprint density at radius 1 is 0.957 bits per heavy atom. The number of aromatic hydroxyl groups is 1. The zero-order chi connectivity index (χ0) is 31.4. The van der Waals surface area contributed by atoms with Crippen molar-refractivity contribution in [3.63, 3.8) is 0 Å². The molecule has 8 rings (SSSR count). The third-order valence-corrected chi connectivity index (χ3v) is 11.3. The second kappa shape index (κ2) is 11.6. The second-order valence-corrected chi connectivity index (χ2v) is 14.1. The van der Waals surface area contributed by atoms with E-state index < -0.39 is 0 Å². The molecule has 2 aromatic heterocycles. The van der Waals surface area contributed by atoms with Gasteiger partial charge in [-0.15, -0.1) is 10.2 Å². The Kier molecular flexibility index (Phi) is 7.38. The first-order valence-corrected chi connectivity index (χ1v) is 16.8. The van der Waals surface area contributed by atoms with Gasteiger partial charge in [-0.2, -0.15) is 0 Å². The maximum absolute atomic E-state index is 11.8. The SMILES string of the molecule is COC(=O)C1CC2(C1)CC(N1CCC(Oc3ccc(N4C5CCC4CN(c4cc(-c6ccccc6O)nnc4N)C5)cn3)CC1)C2. The van der Waals surface area contributed by atoms with Crippen molar-refractivity contribution in [1.82, 2.24) is 20.1 Å². The summed E-state index contributed by atoms with van der Waals surface area (Å²) in [6.45, 7) is 3.78. The van der Waals surface area contributed by atoms with Crippen LogP contribution in [0.4, 0.5) is 17.2 Å². The number of rotatable bonds is 7. The van der Waals surface area contributed by atoms with Crippen molar-refractivity contribution in [3.05, 3.63) is 48.7 Å². The molecule has 5 heterocycles. The highest BCUT2D eigenvalue weighted by molar-refractivity contribution is 5.75. The molecule has 1 spiro atoms. The minimum absolute atomic E-state index is 0.0334. The lowest BCUT2D eigenvalue weighted by Crippen LogP contribution is -2.59. The Balaban J connectivity index is 0.844. The number of piperazine rings is 1. The fourth-order valence-corrected chi connectivity index (χ4v) is 8.96. The van der Waals surface area contributed by atoms with Crippen LogP contribution in [0.2, 0.25) is 0 Å². The molecule has 2 bridgehead atoms. The summed E-state index contributed by atoms with van der Waals surface area (Å²) in [5, 5.41) is 18.8. The van der Waals surface area contributed by atoms with E-state index in [1.165, 1.54) is 20.0 Å². The number of aromatic nitrogens is 3. The lowest BCUT2D eigenvalue weighted by Gasteiger charge is -2.60. The number of methoxy groups -OCH3 is 1. The number of likely N-dealkylation sites (tertiary alicyclic amines) is 1. The molecule has 5 fully saturated rings. The van der Waals surface area contributed by atoms with Crippen LogP contribution < -0.4 is 20.3 Å². The van der Waals surface area contributed by atoms with Gasteiger partial charge in [-0.1, -0.05) is 12.1 Å². The molecule has 3 N–H and O–H groups in total. The monoisotopic (exact) mass is 625 g/mol. The normalized spacial score (nSPS) is 29.3. The van der Waals surface area contributed by atoms with Crippen LogP contribution >= 0.6 is 0 Å². The molecule has 11 nitrogen and oxygen atoms in total. The van der Waals surface area contributed by atoms with E-state index in [-0.39, 0.29) is 23.7 Å². The average Bonchev–Trinajstić information content (AvgIpc) is 3.30. The summed E-state index contributed by atoms with van der Waals surface area (Å²) in [7, 11) is 1.49.